The van der Waals surface area contributed by atoms with Gasteiger partial charge in [0.2, 0.25) is 0 Å². The molecule has 0 aliphatic rings. The summed E-state index contributed by atoms with van der Waals surface area (Å²) in [6.07, 6.45) is -5.25. The topological polar surface area (TPSA) is 72.5 Å². The van der Waals surface area contributed by atoms with Gasteiger partial charge in [0.15, 0.2) is 0 Å². The SMILES string of the molecule is N[C@@H](Cc1cc(F)cc(OC(F)(F)F)c1)C(=O)O. The van der Waals surface area contributed by atoms with E-state index >= 15 is 0 Å². The lowest BCUT2D eigenvalue weighted by atomic mass is 10.1. The van der Waals surface area contributed by atoms with Crippen LogP contribution in [0.1, 0.15) is 5.56 Å². The highest BCUT2D eigenvalue weighted by atomic mass is 19.4. The number of benzene rings is 1. The molecule has 0 radical (unpaired) electrons. The zero-order valence-corrected chi connectivity index (χ0v) is 8.87. The van der Waals surface area contributed by atoms with Crippen molar-refractivity contribution >= 4 is 5.97 Å². The standard InChI is InChI=1S/C10H9F4NO3/c11-6-1-5(3-8(15)9(16)17)2-7(4-6)18-10(12,13)14/h1-2,4,8H,3,15H2,(H,16,17)/t8-/m0/s1. The third-order valence-corrected chi connectivity index (χ3v) is 1.94. The molecule has 0 fully saturated rings. The molecular formula is C10H9F4NO3. The van der Waals surface area contributed by atoms with Crippen molar-refractivity contribution in [3.05, 3.63) is 29.6 Å². The first-order valence-corrected chi connectivity index (χ1v) is 4.71. The molecule has 18 heavy (non-hydrogen) atoms. The van der Waals surface area contributed by atoms with Gasteiger partial charge in [0.1, 0.15) is 17.6 Å². The number of rotatable bonds is 4. The van der Waals surface area contributed by atoms with Crippen molar-refractivity contribution in [3.8, 4) is 5.75 Å². The van der Waals surface area contributed by atoms with Crippen molar-refractivity contribution in [3.63, 3.8) is 0 Å². The van der Waals surface area contributed by atoms with Crippen molar-refractivity contribution in [2.75, 3.05) is 0 Å². The lowest BCUT2D eigenvalue weighted by Gasteiger charge is -2.11. The van der Waals surface area contributed by atoms with E-state index in [9.17, 15) is 22.4 Å². The Bertz CT molecular complexity index is 447. The lowest BCUT2D eigenvalue weighted by Crippen LogP contribution is -2.32. The number of alkyl halides is 3. The van der Waals surface area contributed by atoms with E-state index in [1.165, 1.54) is 0 Å². The zero-order chi connectivity index (χ0) is 13.9. The molecule has 100 valence electrons. The summed E-state index contributed by atoms with van der Waals surface area (Å²) in [6.45, 7) is 0. The monoisotopic (exact) mass is 267 g/mol. The molecular weight excluding hydrogens is 258 g/mol. The van der Waals surface area contributed by atoms with E-state index in [1.54, 1.807) is 0 Å². The van der Waals surface area contributed by atoms with Crippen molar-refractivity contribution in [2.45, 2.75) is 18.8 Å². The Hall–Kier alpha value is -1.83. The van der Waals surface area contributed by atoms with Crippen molar-refractivity contribution in [1.82, 2.24) is 0 Å². The van der Waals surface area contributed by atoms with E-state index in [0.717, 1.165) is 12.1 Å². The number of hydrogen-bond acceptors (Lipinski definition) is 3. The summed E-state index contributed by atoms with van der Waals surface area (Å²) < 4.78 is 52.4. The predicted octanol–water partition coefficient (Wildman–Crippen LogP) is 1.68. The van der Waals surface area contributed by atoms with Gasteiger partial charge in [-0.1, -0.05) is 0 Å². The molecule has 1 aromatic carbocycles. The molecule has 0 heterocycles. The second-order valence-electron chi connectivity index (χ2n) is 3.49. The average Bonchev–Trinajstić information content (AvgIpc) is 2.12. The molecule has 0 spiro atoms. The Balaban J connectivity index is 2.90. The lowest BCUT2D eigenvalue weighted by molar-refractivity contribution is -0.274. The molecule has 1 aromatic rings. The van der Waals surface area contributed by atoms with Crippen LogP contribution in [0.2, 0.25) is 0 Å². The summed E-state index contributed by atoms with van der Waals surface area (Å²) in [5.74, 6) is -3.06. The van der Waals surface area contributed by atoms with E-state index in [1.807, 2.05) is 0 Å². The van der Waals surface area contributed by atoms with Gasteiger partial charge in [0.05, 0.1) is 0 Å². The second-order valence-corrected chi connectivity index (χ2v) is 3.49. The minimum Gasteiger partial charge on any atom is -0.480 e. The molecule has 4 nitrogen and oxygen atoms in total. The van der Waals surface area contributed by atoms with Crippen LogP contribution in [0, 0.1) is 5.82 Å². The quantitative estimate of drug-likeness (QED) is 0.814. The fraction of sp³-hybridized carbons (Fsp3) is 0.300. The normalized spacial score (nSPS) is 13.2. The molecule has 0 aliphatic carbocycles. The molecule has 1 rings (SSSR count). The number of carbonyl (C=O) groups is 1. The highest BCUT2D eigenvalue weighted by molar-refractivity contribution is 5.73. The third-order valence-electron chi connectivity index (χ3n) is 1.94. The molecule has 3 N–H and O–H groups in total. The van der Waals surface area contributed by atoms with Crippen LogP contribution in [-0.2, 0) is 11.2 Å². The van der Waals surface area contributed by atoms with Gasteiger partial charge in [-0.3, -0.25) is 4.79 Å². The molecule has 0 amide bonds. The number of nitrogens with two attached hydrogens (primary N) is 1. The van der Waals surface area contributed by atoms with Gasteiger partial charge in [-0.2, -0.15) is 0 Å². The molecule has 0 saturated heterocycles. The first kappa shape index (κ1) is 14.2. The Kier molecular flexibility index (Phi) is 4.12. The van der Waals surface area contributed by atoms with E-state index in [-0.39, 0.29) is 12.0 Å². The van der Waals surface area contributed by atoms with Crippen molar-refractivity contribution in [2.24, 2.45) is 5.73 Å². The third kappa shape index (κ3) is 4.58. The summed E-state index contributed by atoms with van der Waals surface area (Å²) in [7, 11) is 0. The number of carboxylic acid groups (broad SMARTS) is 1. The summed E-state index contributed by atoms with van der Waals surface area (Å²) in [5.41, 5.74) is 5.19. The molecule has 1 atom stereocenters. The van der Waals surface area contributed by atoms with Gasteiger partial charge < -0.3 is 15.6 Å². The molecule has 0 bridgehead atoms. The smallest absolute Gasteiger partial charge is 0.480 e. The van der Waals surface area contributed by atoms with Crippen molar-refractivity contribution < 1.29 is 32.2 Å². The number of ether oxygens (including phenoxy) is 1. The first-order valence-electron chi connectivity index (χ1n) is 4.71. The van der Waals surface area contributed by atoms with E-state index in [4.69, 9.17) is 10.8 Å². The Labute approximate surface area is 99.0 Å². The summed E-state index contributed by atoms with van der Waals surface area (Å²) >= 11 is 0. The Morgan fingerprint density at radius 1 is 1.39 bits per heavy atom. The van der Waals surface area contributed by atoms with E-state index in [2.05, 4.69) is 4.74 Å². The van der Waals surface area contributed by atoms with Crippen LogP contribution in [0.3, 0.4) is 0 Å². The summed E-state index contributed by atoms with van der Waals surface area (Å²) in [6, 6.07) is 1.000. The van der Waals surface area contributed by atoms with Gasteiger partial charge in [-0.25, -0.2) is 4.39 Å². The highest BCUT2D eigenvalue weighted by Crippen LogP contribution is 2.25. The van der Waals surface area contributed by atoms with Crippen LogP contribution >= 0.6 is 0 Å². The Morgan fingerprint density at radius 3 is 2.50 bits per heavy atom. The van der Waals surface area contributed by atoms with Gasteiger partial charge in [-0.05, 0) is 24.1 Å². The number of aliphatic carboxylic acids is 1. The number of halogens is 4. The largest absolute Gasteiger partial charge is 0.573 e. The molecule has 0 aromatic heterocycles. The van der Waals surface area contributed by atoms with Gasteiger partial charge >= 0.3 is 12.3 Å². The molecule has 0 unspecified atom stereocenters. The number of carboxylic acids is 1. The van der Waals surface area contributed by atoms with Crippen LogP contribution in [-0.4, -0.2) is 23.5 Å². The molecule has 0 aliphatic heterocycles. The minimum absolute atomic E-state index is 0.00384. The van der Waals surface area contributed by atoms with Crippen LogP contribution in [0.4, 0.5) is 17.6 Å². The van der Waals surface area contributed by atoms with Crippen LogP contribution < -0.4 is 10.5 Å². The van der Waals surface area contributed by atoms with Crippen LogP contribution in [0.25, 0.3) is 0 Å². The van der Waals surface area contributed by atoms with Gasteiger partial charge in [0.25, 0.3) is 0 Å². The predicted molar refractivity (Wildman–Crippen MR) is 52.4 cm³/mol. The molecule has 8 heteroatoms. The number of hydrogen-bond donors (Lipinski definition) is 2. The first-order chi connectivity index (χ1) is 8.17. The maximum absolute atomic E-state index is 13.0. The maximum Gasteiger partial charge on any atom is 0.573 e. The van der Waals surface area contributed by atoms with Crippen molar-refractivity contribution in [1.29, 1.82) is 0 Å². The zero-order valence-electron chi connectivity index (χ0n) is 8.87. The fourth-order valence-electron chi connectivity index (χ4n) is 1.27. The highest BCUT2D eigenvalue weighted by Gasteiger charge is 2.31. The summed E-state index contributed by atoms with van der Waals surface area (Å²) in [4.78, 5) is 10.5. The average molecular weight is 267 g/mol. The van der Waals surface area contributed by atoms with Crippen LogP contribution in [0.15, 0.2) is 18.2 Å². The second kappa shape index (κ2) is 5.21. The van der Waals surface area contributed by atoms with Crippen LogP contribution in [0.5, 0.6) is 5.75 Å². The Morgan fingerprint density at radius 2 is 2.00 bits per heavy atom. The van der Waals surface area contributed by atoms with E-state index < -0.39 is 29.9 Å². The van der Waals surface area contributed by atoms with Gasteiger partial charge in [0, 0.05) is 6.07 Å². The molecule has 0 saturated carbocycles. The summed E-state index contributed by atoms with van der Waals surface area (Å²) in [5, 5.41) is 8.54. The minimum atomic E-state index is -4.94. The van der Waals surface area contributed by atoms with E-state index in [0.29, 0.717) is 6.07 Å². The van der Waals surface area contributed by atoms with Gasteiger partial charge in [-0.15, -0.1) is 13.2 Å². The fourth-order valence-corrected chi connectivity index (χ4v) is 1.27. The maximum atomic E-state index is 13.0.